The third kappa shape index (κ3) is 3.71. The lowest BCUT2D eigenvalue weighted by atomic mass is 10.0. The molecule has 0 amide bonds. The van der Waals surface area contributed by atoms with E-state index in [1.165, 1.54) is 28.6 Å². The number of non-ortho nitro benzene ring substituents is 1. The number of ether oxygens (including phenoxy) is 1. The number of morpholine rings is 1. The molecule has 0 aromatic heterocycles. The average molecular weight is 362 g/mol. The molecular weight excluding hydrogens is 344 g/mol. The van der Waals surface area contributed by atoms with Crippen LogP contribution in [0.15, 0.2) is 54.6 Å². The van der Waals surface area contributed by atoms with E-state index >= 15 is 0 Å². The Hall–Kier alpha value is -2.29. The van der Waals surface area contributed by atoms with E-state index in [0.29, 0.717) is 37.4 Å². The zero-order valence-electron chi connectivity index (χ0n) is 13.4. The Labute approximate surface area is 146 Å². The highest BCUT2D eigenvalue weighted by molar-refractivity contribution is 7.89. The number of nitro benzene ring substituents is 1. The fourth-order valence-electron chi connectivity index (χ4n) is 2.89. The third-order valence-electron chi connectivity index (χ3n) is 4.14. The summed E-state index contributed by atoms with van der Waals surface area (Å²) in [5, 5.41) is 9.95. The molecule has 132 valence electrons. The van der Waals surface area contributed by atoms with Crippen LogP contribution in [0.25, 0.3) is 0 Å². The first-order valence-corrected chi connectivity index (χ1v) is 9.36. The van der Waals surface area contributed by atoms with Crippen LogP contribution < -0.4 is 0 Å². The molecule has 1 fully saturated rings. The maximum atomic E-state index is 13.2. The van der Waals surface area contributed by atoms with Gasteiger partial charge < -0.3 is 4.74 Å². The van der Waals surface area contributed by atoms with Crippen molar-refractivity contribution in [3.8, 4) is 0 Å². The Balaban J connectivity index is 2.05. The molecule has 25 heavy (non-hydrogen) atoms. The molecule has 0 spiro atoms. The van der Waals surface area contributed by atoms with Crippen LogP contribution in [0.2, 0.25) is 0 Å². The largest absolute Gasteiger partial charge is 0.379 e. The van der Waals surface area contributed by atoms with Gasteiger partial charge in [-0.3, -0.25) is 10.1 Å². The summed E-state index contributed by atoms with van der Waals surface area (Å²) in [6.45, 7) is 1.33. The predicted octanol–water partition coefficient (Wildman–Crippen LogP) is 2.35. The first-order valence-electron chi connectivity index (χ1n) is 7.86. The molecule has 0 saturated carbocycles. The molecule has 7 nitrogen and oxygen atoms in total. The van der Waals surface area contributed by atoms with E-state index < -0.39 is 20.2 Å². The maximum Gasteiger partial charge on any atom is 0.269 e. The molecule has 1 atom stereocenters. The van der Waals surface area contributed by atoms with Gasteiger partial charge in [0.15, 0.2) is 0 Å². The van der Waals surface area contributed by atoms with Crippen molar-refractivity contribution in [2.45, 2.75) is 5.25 Å². The van der Waals surface area contributed by atoms with Crippen LogP contribution in [0.4, 0.5) is 5.69 Å². The van der Waals surface area contributed by atoms with Crippen LogP contribution in [0.5, 0.6) is 0 Å². The van der Waals surface area contributed by atoms with E-state index in [1.54, 1.807) is 24.3 Å². The Morgan fingerprint density at radius 3 is 2.08 bits per heavy atom. The van der Waals surface area contributed by atoms with E-state index in [9.17, 15) is 18.5 Å². The molecule has 0 N–H and O–H groups in total. The summed E-state index contributed by atoms with van der Waals surface area (Å²) in [5.74, 6) is 0. The second-order valence-electron chi connectivity index (χ2n) is 5.70. The summed E-state index contributed by atoms with van der Waals surface area (Å²) in [7, 11) is -3.68. The van der Waals surface area contributed by atoms with Crippen LogP contribution in [0.3, 0.4) is 0 Å². The van der Waals surface area contributed by atoms with Gasteiger partial charge in [0, 0.05) is 25.2 Å². The van der Waals surface area contributed by atoms with Gasteiger partial charge in [0.2, 0.25) is 10.0 Å². The Morgan fingerprint density at radius 1 is 0.960 bits per heavy atom. The fourth-order valence-corrected chi connectivity index (χ4v) is 4.84. The molecular formula is C17H18N2O5S. The van der Waals surface area contributed by atoms with Gasteiger partial charge in [-0.25, -0.2) is 8.42 Å². The van der Waals surface area contributed by atoms with E-state index in [4.69, 9.17) is 4.74 Å². The Bertz CT molecular complexity index is 831. The summed E-state index contributed by atoms with van der Waals surface area (Å²) >= 11 is 0. The first-order chi connectivity index (χ1) is 12.0. The number of nitrogens with zero attached hydrogens (tertiary/aromatic N) is 2. The molecule has 1 heterocycles. The van der Waals surface area contributed by atoms with Gasteiger partial charge >= 0.3 is 0 Å². The minimum absolute atomic E-state index is 0.0701. The van der Waals surface area contributed by atoms with Gasteiger partial charge in [0.1, 0.15) is 5.25 Å². The summed E-state index contributed by atoms with van der Waals surface area (Å²) in [6.07, 6.45) is 0. The molecule has 1 aliphatic rings. The molecule has 2 aromatic rings. The van der Waals surface area contributed by atoms with Crippen molar-refractivity contribution in [3.05, 3.63) is 75.8 Å². The van der Waals surface area contributed by atoms with E-state index in [1.807, 2.05) is 6.07 Å². The molecule has 1 saturated heterocycles. The molecule has 8 heteroatoms. The van der Waals surface area contributed by atoms with Crippen molar-refractivity contribution in [2.75, 3.05) is 26.3 Å². The van der Waals surface area contributed by atoms with Crippen LogP contribution in [-0.2, 0) is 14.8 Å². The van der Waals surface area contributed by atoms with Gasteiger partial charge in [-0.2, -0.15) is 4.31 Å². The van der Waals surface area contributed by atoms with E-state index in [0.717, 1.165) is 0 Å². The zero-order valence-corrected chi connectivity index (χ0v) is 14.3. The summed E-state index contributed by atoms with van der Waals surface area (Å²) < 4.78 is 33.2. The molecule has 1 unspecified atom stereocenters. The molecule has 0 aliphatic carbocycles. The monoisotopic (exact) mass is 362 g/mol. The summed E-state index contributed by atoms with van der Waals surface area (Å²) in [6, 6.07) is 14.6. The minimum Gasteiger partial charge on any atom is -0.379 e. The predicted molar refractivity (Wildman–Crippen MR) is 92.7 cm³/mol. The number of benzene rings is 2. The molecule has 1 aliphatic heterocycles. The number of nitro groups is 1. The van der Waals surface area contributed by atoms with Gasteiger partial charge in [-0.15, -0.1) is 0 Å². The standard InChI is InChI=1S/C17H18N2O5S/c20-19(21)16-8-6-15(7-9-16)17(14-4-2-1-3-5-14)25(22,23)18-10-12-24-13-11-18/h1-9,17H,10-13H2. The smallest absolute Gasteiger partial charge is 0.269 e. The average Bonchev–Trinajstić information content (AvgIpc) is 2.64. The molecule has 2 aromatic carbocycles. The van der Waals surface area contributed by atoms with E-state index in [2.05, 4.69) is 0 Å². The van der Waals surface area contributed by atoms with Gasteiger partial charge in [0.05, 0.1) is 18.1 Å². The highest BCUT2D eigenvalue weighted by Gasteiger charge is 2.35. The van der Waals surface area contributed by atoms with Crippen LogP contribution >= 0.6 is 0 Å². The third-order valence-corrected chi connectivity index (χ3v) is 6.36. The SMILES string of the molecule is O=[N+]([O-])c1ccc(C(c2ccccc2)S(=O)(=O)N2CCOCC2)cc1. The zero-order chi connectivity index (χ0) is 17.9. The van der Waals surface area contributed by atoms with Crippen molar-refractivity contribution < 1.29 is 18.1 Å². The van der Waals surface area contributed by atoms with Gasteiger partial charge in [-0.05, 0) is 11.1 Å². The summed E-state index contributed by atoms with van der Waals surface area (Å²) in [4.78, 5) is 10.4. The lowest BCUT2D eigenvalue weighted by molar-refractivity contribution is -0.384. The van der Waals surface area contributed by atoms with Gasteiger partial charge in [-0.1, -0.05) is 42.5 Å². The Kier molecular flexibility index (Phi) is 5.12. The van der Waals surface area contributed by atoms with Crippen molar-refractivity contribution in [1.29, 1.82) is 0 Å². The summed E-state index contributed by atoms with van der Waals surface area (Å²) in [5.41, 5.74) is 1.06. The highest BCUT2D eigenvalue weighted by Crippen LogP contribution is 2.33. The van der Waals surface area contributed by atoms with Crippen LogP contribution in [0.1, 0.15) is 16.4 Å². The lowest BCUT2D eigenvalue weighted by Gasteiger charge is -2.30. The molecule has 3 rings (SSSR count). The first kappa shape index (κ1) is 17.5. The van der Waals surface area contributed by atoms with Crippen LogP contribution in [-0.4, -0.2) is 43.9 Å². The molecule has 0 radical (unpaired) electrons. The number of rotatable bonds is 5. The maximum absolute atomic E-state index is 13.2. The number of hydrogen-bond donors (Lipinski definition) is 0. The number of hydrogen-bond acceptors (Lipinski definition) is 5. The Morgan fingerprint density at radius 2 is 1.52 bits per heavy atom. The van der Waals surface area contributed by atoms with Crippen molar-refractivity contribution in [3.63, 3.8) is 0 Å². The topological polar surface area (TPSA) is 89.8 Å². The van der Waals surface area contributed by atoms with Gasteiger partial charge in [0.25, 0.3) is 5.69 Å². The fraction of sp³-hybridized carbons (Fsp3) is 0.294. The normalized spacial score (nSPS) is 17.1. The van der Waals surface area contributed by atoms with Crippen molar-refractivity contribution in [1.82, 2.24) is 4.31 Å². The highest BCUT2D eigenvalue weighted by atomic mass is 32.2. The lowest BCUT2D eigenvalue weighted by Crippen LogP contribution is -2.43. The van der Waals surface area contributed by atoms with E-state index in [-0.39, 0.29) is 5.69 Å². The minimum atomic E-state index is -3.68. The quantitative estimate of drug-likeness (QED) is 0.602. The second-order valence-corrected chi connectivity index (χ2v) is 7.71. The van der Waals surface area contributed by atoms with Crippen molar-refractivity contribution in [2.24, 2.45) is 0 Å². The van der Waals surface area contributed by atoms with Crippen LogP contribution in [0, 0.1) is 10.1 Å². The number of sulfonamides is 1. The van der Waals surface area contributed by atoms with Crippen molar-refractivity contribution >= 4 is 15.7 Å². The second kappa shape index (κ2) is 7.30. The molecule has 0 bridgehead atoms.